The molecule has 0 bridgehead atoms. The quantitative estimate of drug-likeness (QED) is 0.730. The second-order valence-corrected chi connectivity index (χ2v) is 8.11. The summed E-state index contributed by atoms with van der Waals surface area (Å²) in [5, 5.41) is 12.3. The maximum absolute atomic E-state index is 13.0. The lowest BCUT2D eigenvalue weighted by Gasteiger charge is -2.33. The first-order valence-corrected chi connectivity index (χ1v) is 9.61. The van der Waals surface area contributed by atoms with Gasteiger partial charge < -0.3 is 15.3 Å². The number of carboxylic acids is 1. The zero-order valence-electron chi connectivity index (χ0n) is 14.8. The van der Waals surface area contributed by atoms with Crippen molar-refractivity contribution in [3.05, 3.63) is 0 Å². The number of carbonyl (C=O) groups is 4. The van der Waals surface area contributed by atoms with Gasteiger partial charge in [0.15, 0.2) is 0 Å². The van der Waals surface area contributed by atoms with E-state index in [4.69, 9.17) is 0 Å². The molecule has 4 aliphatic rings. The van der Waals surface area contributed by atoms with Gasteiger partial charge in [-0.1, -0.05) is 25.7 Å². The Kier molecular flexibility index (Phi) is 4.16. The van der Waals surface area contributed by atoms with Crippen molar-refractivity contribution in [1.82, 2.24) is 15.1 Å². The van der Waals surface area contributed by atoms with Gasteiger partial charge in [0, 0.05) is 6.04 Å². The topological polar surface area (TPSA) is 107 Å². The molecule has 3 unspecified atom stereocenters. The molecular formula is C18H25N3O5. The molecule has 2 saturated heterocycles. The SMILES string of the molecule is O=C(O)C1CC2CCCCC2N1C(=O)CN1C(=O)NC2(CCCC2)C1=O. The smallest absolute Gasteiger partial charge is 0.326 e. The van der Waals surface area contributed by atoms with Gasteiger partial charge in [-0.05, 0) is 38.0 Å². The van der Waals surface area contributed by atoms with Crippen molar-refractivity contribution in [1.29, 1.82) is 0 Å². The Morgan fingerprint density at radius 2 is 1.81 bits per heavy atom. The van der Waals surface area contributed by atoms with Crippen LogP contribution in [0.3, 0.4) is 0 Å². The van der Waals surface area contributed by atoms with E-state index in [0.29, 0.717) is 19.3 Å². The first-order valence-electron chi connectivity index (χ1n) is 9.61. The fourth-order valence-electron chi connectivity index (χ4n) is 5.39. The van der Waals surface area contributed by atoms with Gasteiger partial charge in [0.05, 0.1) is 0 Å². The number of nitrogens with one attached hydrogen (secondary N) is 1. The summed E-state index contributed by atoms with van der Waals surface area (Å²) >= 11 is 0. The number of urea groups is 1. The third-order valence-electron chi connectivity index (χ3n) is 6.66. The van der Waals surface area contributed by atoms with Gasteiger partial charge in [-0.15, -0.1) is 0 Å². The minimum Gasteiger partial charge on any atom is -0.480 e. The van der Waals surface area contributed by atoms with Crippen LogP contribution in [0.1, 0.15) is 57.8 Å². The molecule has 0 radical (unpaired) electrons. The third-order valence-corrected chi connectivity index (χ3v) is 6.66. The van der Waals surface area contributed by atoms with Gasteiger partial charge in [-0.25, -0.2) is 9.59 Å². The van der Waals surface area contributed by atoms with E-state index in [-0.39, 0.29) is 24.4 Å². The van der Waals surface area contributed by atoms with Crippen LogP contribution in [0.25, 0.3) is 0 Å². The van der Waals surface area contributed by atoms with Crippen LogP contribution in [0.4, 0.5) is 4.79 Å². The second kappa shape index (κ2) is 6.25. The summed E-state index contributed by atoms with van der Waals surface area (Å²) in [5.41, 5.74) is -0.845. The Balaban J connectivity index is 1.52. The van der Waals surface area contributed by atoms with E-state index in [2.05, 4.69) is 5.32 Å². The Morgan fingerprint density at radius 1 is 1.12 bits per heavy atom. The predicted octanol–water partition coefficient (Wildman–Crippen LogP) is 1.10. The fourth-order valence-corrected chi connectivity index (χ4v) is 5.39. The molecule has 1 spiro atoms. The molecule has 8 nitrogen and oxygen atoms in total. The van der Waals surface area contributed by atoms with Crippen molar-refractivity contribution in [3.8, 4) is 0 Å². The number of nitrogens with zero attached hydrogens (tertiary/aromatic N) is 2. The number of hydrogen-bond acceptors (Lipinski definition) is 4. The van der Waals surface area contributed by atoms with E-state index < -0.39 is 29.5 Å². The van der Waals surface area contributed by atoms with Crippen LogP contribution in [-0.4, -0.2) is 62.9 Å². The normalized spacial score (nSPS) is 32.8. The Labute approximate surface area is 151 Å². The Hall–Kier alpha value is -2.12. The lowest BCUT2D eigenvalue weighted by atomic mass is 9.85. The van der Waals surface area contributed by atoms with Crippen LogP contribution < -0.4 is 5.32 Å². The highest BCUT2D eigenvalue weighted by Gasteiger charge is 2.54. The lowest BCUT2D eigenvalue weighted by Crippen LogP contribution is -2.51. The second-order valence-electron chi connectivity index (χ2n) is 8.11. The number of carbonyl (C=O) groups excluding carboxylic acids is 3. The molecule has 2 N–H and O–H groups in total. The van der Waals surface area contributed by atoms with Gasteiger partial charge in [0.25, 0.3) is 5.91 Å². The predicted molar refractivity (Wildman–Crippen MR) is 90.1 cm³/mol. The zero-order chi connectivity index (χ0) is 18.5. The highest BCUT2D eigenvalue weighted by atomic mass is 16.4. The molecule has 4 amide bonds. The van der Waals surface area contributed by atoms with Crippen molar-refractivity contribution in [3.63, 3.8) is 0 Å². The van der Waals surface area contributed by atoms with E-state index >= 15 is 0 Å². The molecule has 0 aromatic carbocycles. The molecule has 26 heavy (non-hydrogen) atoms. The van der Waals surface area contributed by atoms with E-state index in [9.17, 15) is 24.3 Å². The Bertz CT molecular complexity index is 657. The van der Waals surface area contributed by atoms with Gasteiger partial charge in [0.2, 0.25) is 5.91 Å². The van der Waals surface area contributed by atoms with Crippen LogP contribution in [0.2, 0.25) is 0 Å². The summed E-state index contributed by atoms with van der Waals surface area (Å²) in [7, 11) is 0. The minimum atomic E-state index is -1.00. The summed E-state index contributed by atoms with van der Waals surface area (Å²) < 4.78 is 0. The number of aliphatic carboxylic acids is 1. The molecular weight excluding hydrogens is 338 g/mol. The summed E-state index contributed by atoms with van der Waals surface area (Å²) in [6, 6.07) is -1.47. The van der Waals surface area contributed by atoms with Crippen molar-refractivity contribution in [2.24, 2.45) is 5.92 Å². The lowest BCUT2D eigenvalue weighted by molar-refractivity contribution is -0.150. The van der Waals surface area contributed by atoms with Crippen molar-refractivity contribution in [2.75, 3.05) is 6.54 Å². The summed E-state index contributed by atoms with van der Waals surface area (Å²) in [4.78, 5) is 52.1. The summed E-state index contributed by atoms with van der Waals surface area (Å²) in [6.45, 7) is -0.362. The number of amides is 4. The number of imide groups is 1. The third kappa shape index (κ3) is 2.57. The van der Waals surface area contributed by atoms with Crippen LogP contribution in [0.5, 0.6) is 0 Å². The van der Waals surface area contributed by atoms with Gasteiger partial charge in [-0.3, -0.25) is 14.5 Å². The van der Waals surface area contributed by atoms with E-state index in [1.807, 2.05) is 0 Å². The van der Waals surface area contributed by atoms with Crippen LogP contribution >= 0.6 is 0 Å². The van der Waals surface area contributed by atoms with Crippen LogP contribution in [0.15, 0.2) is 0 Å². The average molecular weight is 363 g/mol. The van der Waals surface area contributed by atoms with Gasteiger partial charge in [0.1, 0.15) is 18.1 Å². The standard InChI is InChI=1S/C18H25N3O5/c22-14(10-20-16(25)18(19-17(20)26)7-3-4-8-18)21-12-6-2-1-5-11(12)9-13(21)15(23)24/h11-13H,1-10H2,(H,19,26)(H,23,24). The molecule has 4 fully saturated rings. The van der Waals surface area contributed by atoms with E-state index in [1.165, 1.54) is 4.90 Å². The van der Waals surface area contributed by atoms with Crippen LogP contribution in [0, 0.1) is 5.92 Å². The summed E-state index contributed by atoms with van der Waals surface area (Å²) in [6.07, 6.45) is 7.21. The fraction of sp³-hybridized carbons (Fsp3) is 0.778. The zero-order valence-corrected chi connectivity index (χ0v) is 14.8. The summed E-state index contributed by atoms with van der Waals surface area (Å²) in [5.74, 6) is -1.56. The minimum absolute atomic E-state index is 0.0847. The van der Waals surface area contributed by atoms with Crippen molar-refractivity contribution >= 4 is 23.8 Å². The highest BCUT2D eigenvalue weighted by Crippen LogP contribution is 2.40. The van der Waals surface area contributed by atoms with Gasteiger partial charge >= 0.3 is 12.0 Å². The molecule has 2 aliphatic heterocycles. The van der Waals surface area contributed by atoms with Crippen LogP contribution in [-0.2, 0) is 14.4 Å². The van der Waals surface area contributed by atoms with Crippen molar-refractivity contribution in [2.45, 2.75) is 75.4 Å². The number of rotatable bonds is 3. The highest BCUT2D eigenvalue weighted by molar-refractivity contribution is 6.09. The van der Waals surface area contributed by atoms with E-state index in [0.717, 1.165) is 43.4 Å². The maximum atomic E-state index is 13.0. The molecule has 2 heterocycles. The average Bonchev–Trinajstić information content (AvgIpc) is 3.28. The molecule has 8 heteroatoms. The molecule has 2 aliphatic carbocycles. The Morgan fingerprint density at radius 3 is 2.50 bits per heavy atom. The number of carboxylic acid groups (broad SMARTS) is 1. The monoisotopic (exact) mass is 363 g/mol. The first-order chi connectivity index (χ1) is 12.4. The number of likely N-dealkylation sites (tertiary alicyclic amines) is 1. The molecule has 2 saturated carbocycles. The number of fused-ring (bicyclic) bond motifs is 1. The number of hydrogen-bond donors (Lipinski definition) is 2. The largest absolute Gasteiger partial charge is 0.480 e. The molecule has 3 atom stereocenters. The van der Waals surface area contributed by atoms with Gasteiger partial charge in [-0.2, -0.15) is 0 Å². The molecule has 4 rings (SSSR count). The molecule has 0 aromatic rings. The molecule has 142 valence electrons. The van der Waals surface area contributed by atoms with Crippen molar-refractivity contribution < 1.29 is 24.3 Å². The maximum Gasteiger partial charge on any atom is 0.326 e. The van der Waals surface area contributed by atoms with E-state index in [1.54, 1.807) is 0 Å². The first kappa shape index (κ1) is 17.3. The molecule has 0 aromatic heterocycles.